The highest BCUT2D eigenvalue weighted by atomic mass is 19.1. The van der Waals surface area contributed by atoms with Gasteiger partial charge in [0.25, 0.3) is 0 Å². The van der Waals surface area contributed by atoms with Crippen LogP contribution in [0.3, 0.4) is 0 Å². The first-order valence-electron chi connectivity index (χ1n) is 13.2. The number of aliphatic hydroxyl groups is 1. The largest absolute Gasteiger partial charge is 0.390 e. The molecule has 1 N–H and O–H groups in total. The van der Waals surface area contributed by atoms with Crippen LogP contribution < -0.4 is 0 Å². The van der Waals surface area contributed by atoms with Crippen LogP contribution in [0.1, 0.15) is 69.4 Å². The molecule has 0 amide bonds. The van der Waals surface area contributed by atoms with E-state index in [9.17, 15) is 9.90 Å². The zero-order valence-electron chi connectivity index (χ0n) is 21.4. The lowest BCUT2D eigenvalue weighted by Crippen LogP contribution is -2.72. The number of alkyl halides is 1. The first-order valence-corrected chi connectivity index (χ1v) is 13.2. The van der Waals surface area contributed by atoms with Gasteiger partial charge in [-0.3, -0.25) is 4.79 Å². The maximum Gasteiger partial charge on any atom is 0.243 e. The van der Waals surface area contributed by atoms with Gasteiger partial charge in [-0.25, -0.2) is 9.07 Å². The highest BCUT2D eigenvalue weighted by Gasteiger charge is 2.81. The number of nitrogens with zero attached hydrogens (tertiary/aromatic N) is 2. The molecule has 6 aliphatic rings. The molecule has 0 aromatic carbocycles. The van der Waals surface area contributed by atoms with Gasteiger partial charge in [-0.2, -0.15) is 5.10 Å². The lowest BCUT2D eigenvalue weighted by molar-refractivity contribution is -0.279. The van der Waals surface area contributed by atoms with Gasteiger partial charge in [0, 0.05) is 29.9 Å². The van der Waals surface area contributed by atoms with Crippen LogP contribution >= 0.6 is 0 Å². The minimum absolute atomic E-state index is 0.0108. The predicted molar refractivity (Wildman–Crippen MR) is 125 cm³/mol. The molecule has 3 saturated carbocycles. The third kappa shape index (κ3) is 2.39. The van der Waals surface area contributed by atoms with E-state index in [0.717, 1.165) is 29.7 Å². The molecule has 2 spiro atoms. The van der Waals surface area contributed by atoms with E-state index < -0.39 is 34.0 Å². The van der Waals surface area contributed by atoms with E-state index in [-0.39, 0.29) is 50.3 Å². The molecule has 9 heteroatoms. The summed E-state index contributed by atoms with van der Waals surface area (Å²) in [6, 6.07) is 0. The van der Waals surface area contributed by atoms with Crippen LogP contribution in [-0.4, -0.2) is 64.1 Å². The summed E-state index contributed by atoms with van der Waals surface area (Å²) in [5.41, 5.74) is -1.49. The van der Waals surface area contributed by atoms with Gasteiger partial charge >= 0.3 is 0 Å². The van der Waals surface area contributed by atoms with Crippen molar-refractivity contribution in [1.82, 2.24) is 9.78 Å². The molecular weight excluding hydrogens is 467 g/mol. The number of rotatable bonds is 0. The summed E-state index contributed by atoms with van der Waals surface area (Å²) in [5.74, 6) is -1.51. The van der Waals surface area contributed by atoms with Crippen molar-refractivity contribution in [3.8, 4) is 0 Å². The fourth-order valence-electron chi connectivity index (χ4n) is 9.74. The fourth-order valence-corrected chi connectivity index (χ4v) is 9.74. The first-order chi connectivity index (χ1) is 17.0. The minimum atomic E-state index is -1.82. The number of hydrogen-bond acceptors (Lipinski definition) is 7. The number of halogens is 1. The first kappa shape index (κ1) is 23.5. The maximum atomic E-state index is 17.9. The quantitative estimate of drug-likeness (QED) is 0.581. The summed E-state index contributed by atoms with van der Waals surface area (Å²) in [7, 11) is 0. The smallest absolute Gasteiger partial charge is 0.243 e. The van der Waals surface area contributed by atoms with Gasteiger partial charge in [0.05, 0.1) is 11.8 Å². The SMILES string of the molecule is CC(=O)n1cc2c(n1)C=C1CC[C@H]3[C@@H]4C[C@@H](C)[C@@]5(OCOC56COCO6)[C@@]4(C)C[C@H](O)[C@]3(F)[C@@]1(C)C2. The van der Waals surface area contributed by atoms with Crippen molar-refractivity contribution < 1.29 is 33.2 Å². The molecule has 3 heterocycles. The number of hydrogen-bond donors (Lipinski definition) is 1. The van der Waals surface area contributed by atoms with Crippen molar-refractivity contribution in [3.63, 3.8) is 0 Å². The van der Waals surface area contributed by atoms with Gasteiger partial charge in [-0.05, 0) is 55.6 Å². The Bertz CT molecular complexity index is 1170. The van der Waals surface area contributed by atoms with Crippen LogP contribution in [0.2, 0.25) is 0 Å². The number of carbonyl (C=O) groups excluding carboxylic acids is 1. The highest BCUT2D eigenvalue weighted by molar-refractivity contribution is 5.76. The van der Waals surface area contributed by atoms with Crippen molar-refractivity contribution in [3.05, 3.63) is 23.0 Å². The highest BCUT2D eigenvalue weighted by Crippen LogP contribution is 2.74. The fraction of sp³-hybridized carbons (Fsp3) is 0.778. The Morgan fingerprint density at radius 2 is 2.00 bits per heavy atom. The molecule has 4 aliphatic carbocycles. The number of ether oxygens (including phenoxy) is 4. The standard InChI is InChI=1S/C27H35FN2O6/c1-15-7-20-19-6-5-18-8-21-17(11-30(29-21)16(2)31)9-23(18,3)26(19,28)22(32)10-24(20,4)27(15)25(35-14-36-27)12-33-13-34-25/h8,11,15,19-20,22,32H,5-7,9-10,12-14H2,1-4H3/t15-,19+,20+,22+,23+,24+,25?,26+,27-/m1/s1. The van der Waals surface area contributed by atoms with Gasteiger partial charge < -0.3 is 24.1 Å². The van der Waals surface area contributed by atoms with Crippen LogP contribution in [-0.2, 0) is 25.4 Å². The van der Waals surface area contributed by atoms with E-state index in [2.05, 4.69) is 18.9 Å². The zero-order valence-corrected chi connectivity index (χ0v) is 21.4. The second-order valence-corrected chi connectivity index (χ2v) is 12.5. The third-order valence-electron chi connectivity index (χ3n) is 11.2. The third-order valence-corrected chi connectivity index (χ3v) is 11.2. The normalized spacial score (nSPS) is 51.1. The maximum absolute atomic E-state index is 17.9. The molecule has 196 valence electrons. The summed E-state index contributed by atoms with van der Waals surface area (Å²) >= 11 is 0. The lowest BCUT2D eigenvalue weighted by Gasteiger charge is -2.64. The van der Waals surface area contributed by atoms with E-state index in [1.165, 1.54) is 11.6 Å². The molecule has 1 unspecified atom stereocenters. The number of allylic oxidation sites excluding steroid dienone is 1. The summed E-state index contributed by atoms with van der Waals surface area (Å²) in [6.07, 6.45) is 5.32. The predicted octanol–water partition coefficient (Wildman–Crippen LogP) is 3.48. The topological polar surface area (TPSA) is 92.0 Å². The van der Waals surface area contributed by atoms with Crippen molar-refractivity contribution in [2.24, 2.45) is 28.6 Å². The second-order valence-electron chi connectivity index (χ2n) is 12.5. The van der Waals surface area contributed by atoms with Crippen molar-refractivity contribution >= 4 is 12.0 Å². The monoisotopic (exact) mass is 502 g/mol. The van der Waals surface area contributed by atoms with Gasteiger partial charge in [-0.15, -0.1) is 0 Å². The Hall–Kier alpha value is -1.65. The summed E-state index contributed by atoms with van der Waals surface area (Å²) in [4.78, 5) is 11.9. The van der Waals surface area contributed by atoms with Gasteiger partial charge in [0.2, 0.25) is 11.7 Å². The Kier molecular flexibility index (Phi) is 4.60. The second kappa shape index (κ2) is 7.05. The molecule has 5 fully saturated rings. The number of aromatic nitrogens is 2. The Morgan fingerprint density at radius 3 is 2.72 bits per heavy atom. The molecule has 2 saturated heterocycles. The number of aliphatic hydroxyl groups excluding tert-OH is 1. The number of carbonyl (C=O) groups is 1. The molecule has 0 bridgehead atoms. The van der Waals surface area contributed by atoms with Crippen molar-refractivity contribution in [1.29, 1.82) is 0 Å². The van der Waals surface area contributed by atoms with Crippen molar-refractivity contribution in [2.45, 2.75) is 83.0 Å². The summed E-state index contributed by atoms with van der Waals surface area (Å²) < 4.78 is 43.5. The van der Waals surface area contributed by atoms with Gasteiger partial charge in [-0.1, -0.05) is 26.3 Å². The molecule has 7 rings (SSSR count). The zero-order chi connectivity index (χ0) is 25.3. The molecule has 9 atom stereocenters. The lowest BCUT2D eigenvalue weighted by atomic mass is 9.43. The molecule has 36 heavy (non-hydrogen) atoms. The average molecular weight is 503 g/mol. The van der Waals surface area contributed by atoms with Crippen LogP contribution in [0.5, 0.6) is 0 Å². The molecule has 2 aliphatic heterocycles. The van der Waals surface area contributed by atoms with Crippen LogP contribution in [0.15, 0.2) is 11.8 Å². The average Bonchev–Trinajstić information content (AvgIpc) is 3.58. The van der Waals surface area contributed by atoms with E-state index >= 15 is 4.39 Å². The Labute approximate surface area is 210 Å². The van der Waals surface area contributed by atoms with Crippen molar-refractivity contribution in [2.75, 3.05) is 20.2 Å². The molecule has 1 aromatic rings. The van der Waals surface area contributed by atoms with Crippen LogP contribution in [0, 0.1) is 28.6 Å². The van der Waals surface area contributed by atoms with E-state index in [4.69, 9.17) is 18.9 Å². The van der Waals surface area contributed by atoms with Gasteiger partial charge in [0.15, 0.2) is 13.6 Å². The molecule has 1 aromatic heterocycles. The minimum Gasteiger partial charge on any atom is -0.390 e. The van der Waals surface area contributed by atoms with Crippen LogP contribution in [0.4, 0.5) is 4.39 Å². The summed E-state index contributed by atoms with van der Waals surface area (Å²) in [5, 5.41) is 16.3. The molecule has 8 nitrogen and oxygen atoms in total. The summed E-state index contributed by atoms with van der Waals surface area (Å²) in [6.45, 7) is 8.23. The van der Waals surface area contributed by atoms with Gasteiger partial charge in [0.1, 0.15) is 17.9 Å². The Morgan fingerprint density at radius 1 is 1.22 bits per heavy atom. The molecule has 0 radical (unpaired) electrons. The Balaban J connectivity index is 1.32. The molecular formula is C27H35FN2O6. The van der Waals surface area contributed by atoms with E-state index in [1.54, 1.807) is 6.20 Å². The van der Waals surface area contributed by atoms with E-state index in [0.29, 0.717) is 12.8 Å². The van der Waals surface area contributed by atoms with Crippen LogP contribution in [0.25, 0.3) is 6.08 Å². The van der Waals surface area contributed by atoms with E-state index in [1.807, 2.05) is 13.0 Å². The number of fused-ring (bicyclic) bond motifs is 8.